The second kappa shape index (κ2) is 7.33. The number of carbonyl (C=O) groups is 1. The van der Waals surface area contributed by atoms with Crippen molar-refractivity contribution in [2.45, 2.75) is 4.90 Å². The lowest BCUT2D eigenvalue weighted by molar-refractivity contribution is 0.0600. The zero-order chi connectivity index (χ0) is 19.6. The molecule has 3 rings (SSSR count). The molecule has 27 heavy (non-hydrogen) atoms. The quantitative estimate of drug-likeness (QED) is 0.648. The first-order chi connectivity index (χ1) is 12.8. The van der Waals surface area contributed by atoms with Crippen LogP contribution in [-0.2, 0) is 14.8 Å². The summed E-state index contributed by atoms with van der Waals surface area (Å²) in [4.78, 5) is 15.0. The summed E-state index contributed by atoms with van der Waals surface area (Å²) in [6, 6.07) is 7.36. The Hall–Kier alpha value is -2.98. The lowest BCUT2D eigenvalue weighted by atomic mass is 10.2. The summed E-state index contributed by atoms with van der Waals surface area (Å²) in [7, 11) is -3.01. The van der Waals surface area contributed by atoms with Crippen LogP contribution in [0.4, 0.5) is 10.1 Å². The molecule has 0 aliphatic carbocycles. The average Bonchev–Trinajstić information content (AvgIpc) is 3.15. The smallest absolute Gasteiger partial charge is 0.337 e. The number of methoxy groups -OCH3 is 1. The van der Waals surface area contributed by atoms with Crippen molar-refractivity contribution < 1.29 is 22.3 Å². The summed E-state index contributed by atoms with van der Waals surface area (Å²) in [5.41, 5.74) is 0.0760. The Kier molecular flexibility index (Phi) is 5.10. The first-order valence-corrected chi connectivity index (χ1v) is 9.23. The molecule has 8 nitrogen and oxygen atoms in total. The Labute approximate surface area is 158 Å². The molecule has 0 unspecified atom stereocenters. The predicted molar refractivity (Wildman–Crippen MR) is 94.9 cm³/mol. The molecule has 0 aliphatic heterocycles. The Morgan fingerprint density at radius 2 is 2.04 bits per heavy atom. The van der Waals surface area contributed by atoms with E-state index in [-0.39, 0.29) is 26.9 Å². The van der Waals surface area contributed by atoms with E-state index in [1.807, 2.05) is 0 Å². The topological polar surface area (TPSA) is 103 Å². The molecule has 140 valence electrons. The van der Waals surface area contributed by atoms with Gasteiger partial charge in [-0.15, -0.1) is 0 Å². The molecule has 0 atom stereocenters. The largest absolute Gasteiger partial charge is 0.465 e. The van der Waals surface area contributed by atoms with Crippen molar-refractivity contribution in [2.24, 2.45) is 0 Å². The van der Waals surface area contributed by atoms with Crippen molar-refractivity contribution in [2.75, 3.05) is 11.8 Å². The van der Waals surface area contributed by atoms with Crippen LogP contribution in [0.5, 0.6) is 0 Å². The van der Waals surface area contributed by atoms with E-state index in [1.54, 1.807) is 0 Å². The fourth-order valence-corrected chi connectivity index (χ4v) is 3.83. The monoisotopic (exact) mass is 410 g/mol. The third-order valence-electron chi connectivity index (χ3n) is 3.51. The normalized spacial score (nSPS) is 11.2. The van der Waals surface area contributed by atoms with Crippen LogP contribution in [0.2, 0.25) is 5.02 Å². The molecule has 0 radical (unpaired) electrons. The molecule has 2 aromatic carbocycles. The van der Waals surface area contributed by atoms with Crippen LogP contribution >= 0.6 is 11.6 Å². The lowest BCUT2D eigenvalue weighted by Gasteiger charge is -2.12. The molecule has 0 fully saturated rings. The number of aromatic nitrogens is 3. The fourth-order valence-electron chi connectivity index (χ4n) is 2.25. The van der Waals surface area contributed by atoms with Gasteiger partial charge in [-0.2, -0.15) is 5.10 Å². The van der Waals surface area contributed by atoms with E-state index in [0.29, 0.717) is 0 Å². The molecule has 0 saturated heterocycles. The second-order valence-corrected chi connectivity index (χ2v) is 7.31. The number of nitrogens with one attached hydrogen (secondary N) is 1. The van der Waals surface area contributed by atoms with Crippen LogP contribution in [0.15, 0.2) is 53.9 Å². The highest BCUT2D eigenvalue weighted by atomic mass is 35.5. The van der Waals surface area contributed by atoms with Crippen molar-refractivity contribution in [3.63, 3.8) is 0 Å². The zero-order valence-corrected chi connectivity index (χ0v) is 15.3. The number of hydrogen-bond donors (Lipinski definition) is 1. The first-order valence-electron chi connectivity index (χ1n) is 7.37. The van der Waals surface area contributed by atoms with E-state index >= 15 is 0 Å². The van der Waals surface area contributed by atoms with Crippen LogP contribution in [-0.4, -0.2) is 36.3 Å². The summed E-state index contributed by atoms with van der Waals surface area (Å²) in [6.45, 7) is 0. The van der Waals surface area contributed by atoms with Gasteiger partial charge in [0.25, 0.3) is 10.0 Å². The van der Waals surface area contributed by atoms with Crippen LogP contribution in [0.25, 0.3) is 5.69 Å². The molecular weight excluding hydrogens is 399 g/mol. The third-order valence-corrected chi connectivity index (χ3v) is 5.37. The Morgan fingerprint density at radius 1 is 1.26 bits per heavy atom. The van der Waals surface area contributed by atoms with Gasteiger partial charge in [0, 0.05) is 6.07 Å². The van der Waals surface area contributed by atoms with Gasteiger partial charge in [0.15, 0.2) is 5.82 Å². The number of benzene rings is 2. The lowest BCUT2D eigenvalue weighted by Crippen LogP contribution is -2.15. The number of carbonyl (C=O) groups excluding carboxylic acids is 1. The van der Waals surface area contributed by atoms with E-state index in [9.17, 15) is 17.6 Å². The highest BCUT2D eigenvalue weighted by molar-refractivity contribution is 7.92. The van der Waals surface area contributed by atoms with Gasteiger partial charge in [-0.3, -0.25) is 4.72 Å². The van der Waals surface area contributed by atoms with Crippen LogP contribution in [0.1, 0.15) is 10.4 Å². The van der Waals surface area contributed by atoms with Crippen molar-refractivity contribution in [3.05, 3.63) is 65.5 Å². The van der Waals surface area contributed by atoms with E-state index in [1.165, 1.54) is 48.7 Å². The molecule has 3 aromatic rings. The third kappa shape index (κ3) is 3.91. The molecule has 0 bridgehead atoms. The van der Waals surface area contributed by atoms with Crippen LogP contribution < -0.4 is 4.72 Å². The standard InChI is InChI=1S/C16H12ClFN4O4S/c1-26-16(23)10-2-4-12(17)15(6-10)27(24,25)21-11-3-5-14(13(18)7-11)22-9-19-8-20-22/h2-9,21H,1H3. The van der Waals surface area contributed by atoms with Gasteiger partial charge in [0.1, 0.15) is 23.2 Å². The number of halogens is 2. The minimum absolute atomic E-state index is 0.00925. The molecule has 11 heteroatoms. The van der Waals surface area contributed by atoms with Gasteiger partial charge in [-0.1, -0.05) is 11.6 Å². The van der Waals surface area contributed by atoms with E-state index in [4.69, 9.17) is 11.6 Å². The van der Waals surface area contributed by atoms with Gasteiger partial charge < -0.3 is 4.74 Å². The molecular formula is C16H12ClFN4O4S. The first kappa shape index (κ1) is 18.8. The minimum Gasteiger partial charge on any atom is -0.465 e. The molecule has 0 spiro atoms. The van der Waals surface area contributed by atoms with Crippen molar-refractivity contribution in [1.82, 2.24) is 14.8 Å². The molecule has 0 saturated carbocycles. The number of esters is 1. The predicted octanol–water partition coefficient (Wildman–Crippen LogP) is 2.65. The highest BCUT2D eigenvalue weighted by Gasteiger charge is 2.21. The van der Waals surface area contributed by atoms with Gasteiger partial charge in [-0.05, 0) is 30.3 Å². The van der Waals surface area contributed by atoms with Crippen LogP contribution in [0, 0.1) is 5.82 Å². The average molecular weight is 411 g/mol. The summed E-state index contributed by atoms with van der Waals surface area (Å²) >= 11 is 5.95. The zero-order valence-electron chi connectivity index (χ0n) is 13.8. The summed E-state index contributed by atoms with van der Waals surface area (Å²) in [5.74, 6) is -1.43. The molecule has 0 aliphatic rings. The number of anilines is 1. The van der Waals surface area contributed by atoms with Gasteiger partial charge in [0.2, 0.25) is 0 Å². The number of ether oxygens (including phenoxy) is 1. The number of hydrogen-bond acceptors (Lipinski definition) is 6. The maximum absolute atomic E-state index is 14.3. The Bertz CT molecular complexity index is 1100. The molecule has 1 heterocycles. The fraction of sp³-hybridized carbons (Fsp3) is 0.0625. The molecule has 1 N–H and O–H groups in total. The molecule has 1 aromatic heterocycles. The Morgan fingerprint density at radius 3 is 2.67 bits per heavy atom. The number of sulfonamides is 1. The SMILES string of the molecule is COC(=O)c1ccc(Cl)c(S(=O)(=O)Nc2ccc(-n3cncn3)c(F)c2)c1. The van der Waals surface area contributed by atoms with E-state index in [0.717, 1.165) is 12.1 Å². The highest BCUT2D eigenvalue weighted by Crippen LogP contribution is 2.26. The van der Waals surface area contributed by atoms with Gasteiger partial charge in [-0.25, -0.2) is 27.3 Å². The van der Waals surface area contributed by atoms with E-state index in [2.05, 4.69) is 19.5 Å². The maximum atomic E-state index is 14.3. The maximum Gasteiger partial charge on any atom is 0.337 e. The minimum atomic E-state index is -4.18. The number of rotatable bonds is 5. The number of nitrogens with zero attached hydrogens (tertiary/aromatic N) is 3. The van der Waals surface area contributed by atoms with Crippen molar-refractivity contribution in [3.8, 4) is 5.69 Å². The van der Waals surface area contributed by atoms with Crippen LogP contribution in [0.3, 0.4) is 0 Å². The van der Waals surface area contributed by atoms with Gasteiger partial charge >= 0.3 is 5.97 Å². The van der Waals surface area contributed by atoms with Crippen molar-refractivity contribution in [1.29, 1.82) is 0 Å². The molecule has 0 amide bonds. The summed E-state index contributed by atoms with van der Waals surface area (Å²) < 4.78 is 47.5. The van der Waals surface area contributed by atoms with Crippen molar-refractivity contribution >= 4 is 33.3 Å². The second-order valence-electron chi connectivity index (χ2n) is 5.25. The summed E-state index contributed by atoms with van der Waals surface area (Å²) in [5, 5.41) is 3.71. The summed E-state index contributed by atoms with van der Waals surface area (Å²) in [6.07, 6.45) is 2.55. The van der Waals surface area contributed by atoms with E-state index < -0.39 is 21.8 Å². The van der Waals surface area contributed by atoms with Gasteiger partial charge in [0.05, 0.1) is 23.4 Å². The Balaban J connectivity index is 1.93.